The number of Topliss-reactive ketones (excluding diaryl/α,β-unsaturated/α-hetero) is 1. The third kappa shape index (κ3) is 4.59. The predicted octanol–water partition coefficient (Wildman–Crippen LogP) is 3.73. The fourth-order valence-corrected chi connectivity index (χ4v) is 2.20. The second-order valence-corrected chi connectivity index (χ2v) is 5.42. The number of nitrogens with one attached hydrogen (secondary N) is 2. The molecule has 0 saturated heterocycles. The molecule has 24 heavy (non-hydrogen) atoms. The Morgan fingerprint density at radius 1 is 1.08 bits per heavy atom. The van der Waals surface area contributed by atoms with Crippen LogP contribution < -0.4 is 15.4 Å². The van der Waals surface area contributed by atoms with E-state index < -0.39 is 6.04 Å². The van der Waals surface area contributed by atoms with E-state index in [-0.39, 0.29) is 11.7 Å². The number of ether oxygens (including phenoxy) is 1. The average molecular weight is 326 g/mol. The molecule has 0 bridgehead atoms. The van der Waals surface area contributed by atoms with Crippen LogP contribution in [0.15, 0.2) is 48.5 Å². The lowest BCUT2D eigenvalue weighted by Crippen LogP contribution is -2.32. The van der Waals surface area contributed by atoms with E-state index in [2.05, 4.69) is 10.6 Å². The van der Waals surface area contributed by atoms with Crippen molar-refractivity contribution in [1.82, 2.24) is 0 Å². The molecule has 1 amide bonds. The Hall–Kier alpha value is -2.82. The van der Waals surface area contributed by atoms with Crippen molar-refractivity contribution in [3.05, 3.63) is 54.1 Å². The Morgan fingerprint density at radius 3 is 2.38 bits per heavy atom. The molecule has 0 aromatic heterocycles. The number of anilines is 2. The van der Waals surface area contributed by atoms with Gasteiger partial charge in [0.1, 0.15) is 11.8 Å². The van der Waals surface area contributed by atoms with Crippen LogP contribution in [0.1, 0.15) is 31.1 Å². The van der Waals surface area contributed by atoms with Crippen LogP contribution in [0.25, 0.3) is 0 Å². The molecule has 0 fully saturated rings. The number of hydrogen-bond donors (Lipinski definition) is 2. The van der Waals surface area contributed by atoms with Gasteiger partial charge in [0.25, 0.3) is 0 Å². The molecule has 0 heterocycles. The largest absolute Gasteiger partial charge is 0.492 e. The molecule has 0 unspecified atom stereocenters. The van der Waals surface area contributed by atoms with Crippen LogP contribution in [-0.2, 0) is 4.79 Å². The number of para-hydroxylation sites is 2. The second-order valence-electron chi connectivity index (χ2n) is 5.42. The lowest BCUT2D eigenvalue weighted by Gasteiger charge is -2.18. The molecule has 1 atom stereocenters. The molecule has 2 rings (SSSR count). The molecule has 0 aliphatic rings. The molecular formula is C19H22N2O3. The molecule has 126 valence electrons. The first-order valence-electron chi connectivity index (χ1n) is 7.91. The Kier molecular flexibility index (Phi) is 5.95. The molecule has 2 N–H and O–H groups in total. The monoisotopic (exact) mass is 326 g/mol. The summed E-state index contributed by atoms with van der Waals surface area (Å²) in [6.45, 7) is 5.76. The molecule has 0 spiro atoms. The zero-order chi connectivity index (χ0) is 17.5. The maximum atomic E-state index is 12.3. The van der Waals surface area contributed by atoms with Gasteiger partial charge in [-0.05, 0) is 57.2 Å². The SMILES string of the molecule is CCOc1ccccc1N[C@@H](C)C(=O)Nc1ccc(C(C)=O)cc1. The highest BCUT2D eigenvalue weighted by atomic mass is 16.5. The van der Waals surface area contributed by atoms with Gasteiger partial charge in [0.2, 0.25) is 5.91 Å². The standard InChI is InChI=1S/C19H22N2O3/c1-4-24-18-8-6-5-7-17(18)20-13(2)19(23)21-16-11-9-15(10-12-16)14(3)22/h5-13,20H,4H2,1-3H3,(H,21,23)/t13-/m0/s1. The van der Waals surface area contributed by atoms with Crippen LogP contribution in [0.4, 0.5) is 11.4 Å². The van der Waals surface area contributed by atoms with Crippen molar-refractivity contribution in [3.8, 4) is 5.75 Å². The lowest BCUT2D eigenvalue weighted by atomic mass is 10.1. The highest BCUT2D eigenvalue weighted by Crippen LogP contribution is 2.24. The summed E-state index contributed by atoms with van der Waals surface area (Å²) in [6.07, 6.45) is 0. The van der Waals surface area contributed by atoms with Gasteiger partial charge in [-0.15, -0.1) is 0 Å². The molecule has 0 radical (unpaired) electrons. The number of amides is 1. The number of ketones is 1. The average Bonchev–Trinajstić information content (AvgIpc) is 2.57. The van der Waals surface area contributed by atoms with Crippen molar-refractivity contribution in [3.63, 3.8) is 0 Å². The summed E-state index contributed by atoms with van der Waals surface area (Å²) in [4.78, 5) is 23.6. The summed E-state index contributed by atoms with van der Waals surface area (Å²) >= 11 is 0. The van der Waals surface area contributed by atoms with E-state index in [1.807, 2.05) is 31.2 Å². The van der Waals surface area contributed by atoms with E-state index >= 15 is 0 Å². The number of benzene rings is 2. The number of hydrogen-bond acceptors (Lipinski definition) is 4. The molecule has 2 aromatic rings. The third-order valence-electron chi connectivity index (χ3n) is 3.51. The molecule has 2 aromatic carbocycles. The van der Waals surface area contributed by atoms with Crippen LogP contribution in [0, 0.1) is 0 Å². The minimum absolute atomic E-state index is 0.00422. The minimum Gasteiger partial charge on any atom is -0.492 e. The van der Waals surface area contributed by atoms with E-state index in [1.165, 1.54) is 6.92 Å². The topological polar surface area (TPSA) is 67.4 Å². The van der Waals surface area contributed by atoms with E-state index in [0.29, 0.717) is 23.6 Å². The quantitative estimate of drug-likeness (QED) is 0.761. The normalized spacial score (nSPS) is 11.5. The van der Waals surface area contributed by atoms with E-state index in [1.54, 1.807) is 31.2 Å². The van der Waals surface area contributed by atoms with Gasteiger partial charge in [0.05, 0.1) is 12.3 Å². The van der Waals surface area contributed by atoms with E-state index in [4.69, 9.17) is 4.74 Å². The van der Waals surface area contributed by atoms with Crippen molar-refractivity contribution in [2.24, 2.45) is 0 Å². The van der Waals surface area contributed by atoms with Gasteiger partial charge in [-0.2, -0.15) is 0 Å². The zero-order valence-electron chi connectivity index (χ0n) is 14.1. The highest BCUT2D eigenvalue weighted by molar-refractivity contribution is 5.98. The fourth-order valence-electron chi connectivity index (χ4n) is 2.20. The first-order valence-corrected chi connectivity index (χ1v) is 7.91. The van der Waals surface area contributed by atoms with Gasteiger partial charge in [-0.3, -0.25) is 9.59 Å². The Labute approximate surface area is 142 Å². The predicted molar refractivity (Wildman–Crippen MR) is 95.8 cm³/mol. The summed E-state index contributed by atoms with van der Waals surface area (Å²) in [5.74, 6) is 0.540. The van der Waals surface area contributed by atoms with Gasteiger partial charge in [0, 0.05) is 11.3 Å². The van der Waals surface area contributed by atoms with Gasteiger partial charge in [0.15, 0.2) is 5.78 Å². The Morgan fingerprint density at radius 2 is 1.75 bits per heavy atom. The van der Waals surface area contributed by atoms with Gasteiger partial charge < -0.3 is 15.4 Å². The van der Waals surface area contributed by atoms with Crippen LogP contribution in [0.5, 0.6) is 5.75 Å². The van der Waals surface area contributed by atoms with Crippen molar-refractivity contribution in [2.45, 2.75) is 26.8 Å². The summed E-state index contributed by atoms with van der Waals surface area (Å²) in [7, 11) is 0. The maximum absolute atomic E-state index is 12.3. The van der Waals surface area contributed by atoms with Crippen molar-refractivity contribution in [2.75, 3.05) is 17.2 Å². The number of rotatable bonds is 7. The van der Waals surface area contributed by atoms with Crippen LogP contribution >= 0.6 is 0 Å². The van der Waals surface area contributed by atoms with Crippen molar-refractivity contribution >= 4 is 23.1 Å². The van der Waals surface area contributed by atoms with E-state index in [9.17, 15) is 9.59 Å². The molecule has 5 nitrogen and oxygen atoms in total. The Balaban J connectivity index is 2.01. The smallest absolute Gasteiger partial charge is 0.246 e. The third-order valence-corrected chi connectivity index (χ3v) is 3.51. The summed E-state index contributed by atoms with van der Waals surface area (Å²) in [6, 6.07) is 13.9. The van der Waals surface area contributed by atoms with Crippen LogP contribution in [0.2, 0.25) is 0 Å². The molecule has 5 heteroatoms. The fraction of sp³-hybridized carbons (Fsp3) is 0.263. The maximum Gasteiger partial charge on any atom is 0.246 e. The second kappa shape index (κ2) is 8.15. The first kappa shape index (κ1) is 17.5. The first-order chi connectivity index (χ1) is 11.5. The minimum atomic E-state index is -0.445. The summed E-state index contributed by atoms with van der Waals surface area (Å²) < 4.78 is 5.55. The number of carbonyl (C=O) groups excluding carboxylic acids is 2. The summed E-state index contributed by atoms with van der Waals surface area (Å²) in [5.41, 5.74) is 2.04. The highest BCUT2D eigenvalue weighted by Gasteiger charge is 2.15. The van der Waals surface area contributed by atoms with Gasteiger partial charge >= 0.3 is 0 Å². The molecule has 0 aliphatic heterocycles. The molecule has 0 aliphatic carbocycles. The molecular weight excluding hydrogens is 304 g/mol. The lowest BCUT2D eigenvalue weighted by molar-refractivity contribution is -0.116. The van der Waals surface area contributed by atoms with Crippen molar-refractivity contribution in [1.29, 1.82) is 0 Å². The summed E-state index contributed by atoms with van der Waals surface area (Å²) in [5, 5.41) is 5.98. The Bertz CT molecular complexity index is 711. The van der Waals surface area contributed by atoms with Crippen molar-refractivity contribution < 1.29 is 14.3 Å². The van der Waals surface area contributed by atoms with Crippen LogP contribution in [-0.4, -0.2) is 24.3 Å². The molecule has 0 saturated carbocycles. The van der Waals surface area contributed by atoms with Gasteiger partial charge in [-0.1, -0.05) is 12.1 Å². The van der Waals surface area contributed by atoms with Gasteiger partial charge in [-0.25, -0.2) is 0 Å². The zero-order valence-corrected chi connectivity index (χ0v) is 14.1. The number of carbonyl (C=O) groups is 2. The van der Waals surface area contributed by atoms with E-state index in [0.717, 1.165) is 5.69 Å². The van der Waals surface area contributed by atoms with Crippen LogP contribution in [0.3, 0.4) is 0 Å².